The maximum atomic E-state index is 11.9. The van der Waals surface area contributed by atoms with E-state index in [1.807, 2.05) is 6.26 Å². The van der Waals surface area contributed by atoms with Gasteiger partial charge in [-0.05, 0) is 25.3 Å². The Balaban J connectivity index is 3.02. The monoisotopic (exact) mass is 302 g/mol. The average Bonchev–Trinajstić information content (AvgIpc) is 2.36. The summed E-state index contributed by atoms with van der Waals surface area (Å²) in [6, 6.07) is 3.20. The largest absolute Gasteiger partial charge is 0.462 e. The Morgan fingerprint density at radius 3 is 2.84 bits per heavy atom. The summed E-state index contributed by atoms with van der Waals surface area (Å²) in [4.78, 5) is 11.9. The van der Waals surface area contributed by atoms with Gasteiger partial charge in [-0.15, -0.1) is 0 Å². The van der Waals surface area contributed by atoms with Gasteiger partial charge in [0, 0.05) is 17.5 Å². The summed E-state index contributed by atoms with van der Waals surface area (Å²) in [5, 5.41) is 4.02. The summed E-state index contributed by atoms with van der Waals surface area (Å²) >= 11 is 7.88. The highest BCUT2D eigenvalue weighted by atomic mass is 35.5. The molecule has 0 aliphatic heterocycles. The topological polar surface area (TPSA) is 64.3 Å². The quantitative estimate of drug-likeness (QED) is 0.624. The van der Waals surface area contributed by atoms with Gasteiger partial charge in [-0.3, -0.25) is 0 Å². The number of nitrogens with one attached hydrogen (secondary N) is 1. The van der Waals surface area contributed by atoms with Crippen LogP contribution in [-0.4, -0.2) is 30.6 Å². The third kappa shape index (κ3) is 4.51. The number of anilines is 2. The number of halogens is 1. The van der Waals surface area contributed by atoms with Crippen LogP contribution in [0.15, 0.2) is 12.1 Å². The molecule has 1 atom stereocenters. The number of esters is 1. The first kappa shape index (κ1) is 16.0. The van der Waals surface area contributed by atoms with E-state index < -0.39 is 5.97 Å². The standard InChI is InChI=1S/C13H19ClN2O2S/c1-4-18-13(17)10-5-9(15)6-11(14)12(10)16-7-8(2)19-3/h5-6,8,16H,4,7,15H2,1-3H3. The molecule has 0 spiro atoms. The Kier molecular flexibility index (Phi) is 6.31. The van der Waals surface area contributed by atoms with Crippen molar-refractivity contribution >= 4 is 40.7 Å². The number of rotatable bonds is 6. The molecule has 0 heterocycles. The van der Waals surface area contributed by atoms with Crippen LogP contribution in [0.25, 0.3) is 0 Å². The van der Waals surface area contributed by atoms with E-state index in [1.165, 1.54) is 0 Å². The van der Waals surface area contributed by atoms with Crippen molar-refractivity contribution in [3.63, 3.8) is 0 Å². The predicted octanol–water partition coefficient (Wildman–Crippen LogP) is 3.26. The van der Waals surface area contributed by atoms with Crippen LogP contribution in [0.3, 0.4) is 0 Å². The maximum absolute atomic E-state index is 11.9. The number of hydrogen-bond donors (Lipinski definition) is 2. The van der Waals surface area contributed by atoms with Crippen molar-refractivity contribution in [3.8, 4) is 0 Å². The van der Waals surface area contributed by atoms with Crippen LogP contribution in [0.4, 0.5) is 11.4 Å². The second kappa shape index (κ2) is 7.50. The van der Waals surface area contributed by atoms with E-state index in [2.05, 4.69) is 12.2 Å². The number of ether oxygens (including phenoxy) is 1. The van der Waals surface area contributed by atoms with Gasteiger partial charge in [0.15, 0.2) is 0 Å². The smallest absolute Gasteiger partial charge is 0.340 e. The fraction of sp³-hybridized carbons (Fsp3) is 0.462. The number of hydrogen-bond acceptors (Lipinski definition) is 5. The third-order valence-corrected chi connectivity index (χ3v) is 3.85. The number of nitrogen functional groups attached to an aromatic ring is 1. The van der Waals surface area contributed by atoms with Crippen LogP contribution in [0, 0.1) is 0 Å². The predicted molar refractivity (Wildman–Crippen MR) is 83.3 cm³/mol. The van der Waals surface area contributed by atoms with Crippen molar-refractivity contribution in [2.45, 2.75) is 19.1 Å². The normalized spacial score (nSPS) is 12.0. The summed E-state index contributed by atoms with van der Waals surface area (Å²) in [6.45, 7) is 4.87. The zero-order valence-electron chi connectivity index (χ0n) is 11.3. The average molecular weight is 303 g/mol. The van der Waals surface area contributed by atoms with E-state index >= 15 is 0 Å². The number of thioether (sulfide) groups is 1. The van der Waals surface area contributed by atoms with Crippen LogP contribution in [0.2, 0.25) is 5.02 Å². The second-order valence-electron chi connectivity index (χ2n) is 4.07. The first-order valence-electron chi connectivity index (χ1n) is 6.02. The molecule has 0 aliphatic rings. The summed E-state index contributed by atoms with van der Waals surface area (Å²) in [6.07, 6.45) is 2.03. The lowest BCUT2D eigenvalue weighted by Crippen LogP contribution is -2.16. The van der Waals surface area contributed by atoms with Gasteiger partial charge in [0.2, 0.25) is 0 Å². The molecule has 106 valence electrons. The molecule has 1 aromatic carbocycles. The van der Waals surface area contributed by atoms with Crippen molar-refractivity contribution in [1.82, 2.24) is 0 Å². The van der Waals surface area contributed by atoms with Gasteiger partial charge in [-0.2, -0.15) is 11.8 Å². The van der Waals surface area contributed by atoms with Crippen LogP contribution in [0.1, 0.15) is 24.2 Å². The molecule has 6 heteroatoms. The van der Waals surface area contributed by atoms with E-state index in [4.69, 9.17) is 22.1 Å². The van der Waals surface area contributed by atoms with Crippen molar-refractivity contribution < 1.29 is 9.53 Å². The Morgan fingerprint density at radius 1 is 1.58 bits per heavy atom. The number of nitrogens with two attached hydrogens (primary N) is 1. The first-order chi connectivity index (χ1) is 8.99. The van der Waals surface area contributed by atoms with Gasteiger partial charge in [0.1, 0.15) is 0 Å². The molecule has 0 bridgehead atoms. The molecule has 1 aromatic rings. The van der Waals surface area contributed by atoms with E-state index in [1.54, 1.807) is 30.8 Å². The molecule has 0 saturated carbocycles. The Morgan fingerprint density at radius 2 is 2.26 bits per heavy atom. The minimum Gasteiger partial charge on any atom is -0.462 e. The first-order valence-corrected chi connectivity index (χ1v) is 7.69. The number of carbonyl (C=O) groups is 1. The van der Waals surface area contributed by atoms with Crippen LogP contribution < -0.4 is 11.1 Å². The SMILES string of the molecule is CCOC(=O)c1cc(N)cc(Cl)c1NCC(C)SC. The van der Waals surface area contributed by atoms with Gasteiger partial charge in [-0.25, -0.2) is 4.79 Å². The fourth-order valence-electron chi connectivity index (χ4n) is 1.51. The lowest BCUT2D eigenvalue weighted by molar-refractivity contribution is 0.0527. The number of carbonyl (C=O) groups excluding carboxylic acids is 1. The molecule has 0 aromatic heterocycles. The Bertz CT molecular complexity index is 455. The fourth-order valence-corrected chi connectivity index (χ4v) is 2.05. The zero-order valence-corrected chi connectivity index (χ0v) is 12.9. The highest BCUT2D eigenvalue weighted by molar-refractivity contribution is 7.99. The molecule has 1 unspecified atom stereocenters. The van der Waals surface area contributed by atoms with E-state index in [-0.39, 0.29) is 0 Å². The van der Waals surface area contributed by atoms with Crippen LogP contribution in [-0.2, 0) is 4.74 Å². The molecule has 19 heavy (non-hydrogen) atoms. The number of benzene rings is 1. The summed E-state index contributed by atoms with van der Waals surface area (Å²) < 4.78 is 5.01. The maximum Gasteiger partial charge on any atom is 0.340 e. The lowest BCUT2D eigenvalue weighted by atomic mass is 10.1. The minimum absolute atomic E-state index is 0.311. The molecule has 0 fully saturated rings. The summed E-state index contributed by atoms with van der Waals surface area (Å²) in [7, 11) is 0. The molecular weight excluding hydrogens is 284 g/mol. The second-order valence-corrected chi connectivity index (χ2v) is 5.76. The van der Waals surface area contributed by atoms with Gasteiger partial charge in [0.05, 0.1) is 22.9 Å². The van der Waals surface area contributed by atoms with Crippen LogP contribution >= 0.6 is 23.4 Å². The van der Waals surface area contributed by atoms with Crippen molar-refractivity contribution in [1.29, 1.82) is 0 Å². The van der Waals surface area contributed by atoms with E-state index in [0.717, 1.165) is 0 Å². The third-order valence-electron chi connectivity index (χ3n) is 2.58. The molecule has 0 saturated heterocycles. The Hall–Kier alpha value is -1.07. The molecule has 1 rings (SSSR count). The minimum atomic E-state index is -0.420. The Labute approximate surface area is 123 Å². The van der Waals surface area contributed by atoms with Gasteiger partial charge >= 0.3 is 5.97 Å². The van der Waals surface area contributed by atoms with Crippen molar-refractivity contribution in [3.05, 3.63) is 22.7 Å². The highest BCUT2D eigenvalue weighted by Gasteiger charge is 2.17. The van der Waals surface area contributed by atoms with Crippen molar-refractivity contribution in [2.24, 2.45) is 0 Å². The molecule has 0 amide bonds. The van der Waals surface area contributed by atoms with Crippen LogP contribution in [0.5, 0.6) is 0 Å². The highest BCUT2D eigenvalue weighted by Crippen LogP contribution is 2.30. The zero-order chi connectivity index (χ0) is 14.4. The molecule has 3 N–H and O–H groups in total. The summed E-state index contributed by atoms with van der Waals surface area (Å²) in [5.41, 5.74) is 7.12. The lowest BCUT2D eigenvalue weighted by Gasteiger charge is -2.16. The van der Waals surface area contributed by atoms with Gasteiger partial charge in [0.25, 0.3) is 0 Å². The summed E-state index contributed by atoms with van der Waals surface area (Å²) in [5.74, 6) is -0.420. The molecule has 0 aliphatic carbocycles. The van der Waals surface area contributed by atoms with Gasteiger partial charge < -0.3 is 15.8 Å². The molecule has 4 nitrogen and oxygen atoms in total. The molecular formula is C13H19ClN2O2S. The van der Waals surface area contributed by atoms with E-state index in [0.29, 0.717) is 40.4 Å². The van der Waals surface area contributed by atoms with Gasteiger partial charge in [-0.1, -0.05) is 18.5 Å². The van der Waals surface area contributed by atoms with E-state index in [9.17, 15) is 4.79 Å². The molecule has 0 radical (unpaired) electrons. The van der Waals surface area contributed by atoms with Crippen molar-refractivity contribution in [2.75, 3.05) is 30.5 Å².